The maximum Gasteiger partial charge on any atom is 0.222 e. The average Bonchev–Trinajstić information content (AvgIpc) is 2.58. The predicted octanol–water partition coefficient (Wildman–Crippen LogP) is 2.79. The maximum absolute atomic E-state index is 5.50. The molecule has 1 aromatic rings. The molecule has 0 radical (unpaired) electrons. The topological polar surface area (TPSA) is 50.3 Å². The third kappa shape index (κ3) is 4.42. The van der Waals surface area contributed by atoms with E-state index in [-0.39, 0.29) is 0 Å². The minimum atomic E-state index is 0.359. The molecule has 2 fully saturated rings. The molecule has 23 heavy (non-hydrogen) atoms. The Morgan fingerprint density at radius 1 is 1.17 bits per heavy atom. The van der Waals surface area contributed by atoms with Gasteiger partial charge in [-0.15, -0.1) is 0 Å². The van der Waals surface area contributed by atoms with Gasteiger partial charge < -0.3 is 10.1 Å². The summed E-state index contributed by atoms with van der Waals surface area (Å²) in [5, 5.41) is 3.53. The Morgan fingerprint density at radius 3 is 2.61 bits per heavy atom. The zero-order valence-electron chi connectivity index (χ0n) is 14.6. The number of hydrogen-bond donors (Lipinski definition) is 1. The predicted molar refractivity (Wildman–Crippen MR) is 92.8 cm³/mol. The van der Waals surface area contributed by atoms with E-state index in [1.807, 2.05) is 13.1 Å². The summed E-state index contributed by atoms with van der Waals surface area (Å²) in [5.74, 6) is 0.778. The fourth-order valence-corrected chi connectivity index (χ4v) is 3.81. The van der Waals surface area contributed by atoms with Crippen LogP contribution in [-0.2, 0) is 4.74 Å². The lowest BCUT2D eigenvalue weighted by atomic mass is 9.73. The second-order valence-electron chi connectivity index (χ2n) is 7.26. The van der Waals surface area contributed by atoms with Gasteiger partial charge in [0.1, 0.15) is 0 Å². The molecule has 1 saturated carbocycles. The van der Waals surface area contributed by atoms with E-state index in [1.54, 1.807) is 0 Å². The molecular formula is C18H30N4O. The highest BCUT2D eigenvalue weighted by atomic mass is 16.5. The number of rotatable bonds is 5. The molecule has 1 aliphatic heterocycles. The monoisotopic (exact) mass is 318 g/mol. The first-order valence-electron chi connectivity index (χ1n) is 9.01. The second kappa shape index (κ2) is 7.58. The van der Waals surface area contributed by atoms with Crippen LogP contribution in [0.5, 0.6) is 0 Å². The van der Waals surface area contributed by atoms with Gasteiger partial charge in [-0.3, -0.25) is 4.90 Å². The van der Waals surface area contributed by atoms with Crippen molar-refractivity contribution in [1.29, 1.82) is 0 Å². The molecule has 0 aromatic carbocycles. The summed E-state index contributed by atoms with van der Waals surface area (Å²) in [5.41, 5.74) is 2.57. The van der Waals surface area contributed by atoms with Gasteiger partial charge in [-0.1, -0.05) is 19.3 Å². The van der Waals surface area contributed by atoms with Crippen LogP contribution in [0.25, 0.3) is 0 Å². The molecule has 2 aliphatic rings. The van der Waals surface area contributed by atoms with Crippen LogP contribution in [0.2, 0.25) is 0 Å². The van der Waals surface area contributed by atoms with Crippen LogP contribution in [0.4, 0.5) is 5.95 Å². The highest BCUT2D eigenvalue weighted by Crippen LogP contribution is 2.37. The van der Waals surface area contributed by atoms with Gasteiger partial charge >= 0.3 is 0 Å². The maximum atomic E-state index is 5.50. The van der Waals surface area contributed by atoms with Crippen molar-refractivity contribution in [2.45, 2.75) is 46.0 Å². The average molecular weight is 318 g/mol. The first-order chi connectivity index (χ1) is 11.2. The highest BCUT2D eigenvalue weighted by molar-refractivity contribution is 5.29. The van der Waals surface area contributed by atoms with Crippen LogP contribution < -0.4 is 5.32 Å². The van der Waals surface area contributed by atoms with Crippen molar-refractivity contribution >= 4 is 5.95 Å². The summed E-state index contributed by atoms with van der Waals surface area (Å²) >= 11 is 0. The molecule has 0 spiro atoms. The molecule has 1 saturated heterocycles. The Kier molecular flexibility index (Phi) is 5.49. The van der Waals surface area contributed by atoms with Gasteiger partial charge in [0, 0.05) is 43.5 Å². The number of ether oxygens (including phenoxy) is 1. The summed E-state index contributed by atoms with van der Waals surface area (Å²) in [4.78, 5) is 11.6. The number of anilines is 1. The Bertz CT molecular complexity index is 508. The van der Waals surface area contributed by atoms with Crippen LogP contribution >= 0.6 is 0 Å². The standard InChI is InChI=1S/C18H30N4O/c1-15-12-19-17(21-16(15)2)20-13-18(6-4-3-5-7-18)14-22-8-10-23-11-9-22/h12H,3-11,13-14H2,1-2H3,(H,19,20,21). The zero-order chi connectivity index (χ0) is 16.1. The number of nitrogens with zero attached hydrogens (tertiary/aromatic N) is 3. The van der Waals surface area contributed by atoms with Gasteiger partial charge in [0.15, 0.2) is 0 Å². The molecule has 3 rings (SSSR count). The third-order valence-corrected chi connectivity index (χ3v) is 5.42. The second-order valence-corrected chi connectivity index (χ2v) is 7.26. The van der Waals surface area contributed by atoms with Crippen molar-refractivity contribution in [2.24, 2.45) is 5.41 Å². The fraction of sp³-hybridized carbons (Fsp3) is 0.778. The smallest absolute Gasteiger partial charge is 0.222 e. The summed E-state index contributed by atoms with van der Waals surface area (Å²) in [7, 11) is 0. The zero-order valence-corrected chi connectivity index (χ0v) is 14.6. The number of nitrogens with one attached hydrogen (secondary N) is 1. The van der Waals surface area contributed by atoms with Gasteiger partial charge in [-0.05, 0) is 32.3 Å². The molecule has 0 bridgehead atoms. The minimum Gasteiger partial charge on any atom is -0.379 e. The summed E-state index contributed by atoms with van der Waals surface area (Å²) < 4.78 is 5.50. The van der Waals surface area contributed by atoms with Crippen molar-refractivity contribution in [3.05, 3.63) is 17.5 Å². The van der Waals surface area contributed by atoms with Crippen LogP contribution in [0.1, 0.15) is 43.4 Å². The van der Waals surface area contributed by atoms with Crippen molar-refractivity contribution < 1.29 is 4.74 Å². The van der Waals surface area contributed by atoms with E-state index in [9.17, 15) is 0 Å². The molecular weight excluding hydrogens is 288 g/mol. The Labute approximate surface area is 139 Å². The van der Waals surface area contributed by atoms with Gasteiger partial charge in [-0.25, -0.2) is 9.97 Å². The van der Waals surface area contributed by atoms with E-state index in [1.165, 1.54) is 38.6 Å². The quantitative estimate of drug-likeness (QED) is 0.905. The number of morpholine rings is 1. The molecule has 0 atom stereocenters. The first-order valence-corrected chi connectivity index (χ1v) is 9.01. The van der Waals surface area contributed by atoms with Crippen molar-refractivity contribution in [2.75, 3.05) is 44.7 Å². The molecule has 1 aromatic heterocycles. The first kappa shape index (κ1) is 16.7. The molecule has 5 nitrogen and oxygen atoms in total. The largest absolute Gasteiger partial charge is 0.379 e. The third-order valence-electron chi connectivity index (χ3n) is 5.42. The molecule has 0 amide bonds. The van der Waals surface area contributed by atoms with Gasteiger partial charge in [0.2, 0.25) is 5.95 Å². The fourth-order valence-electron chi connectivity index (χ4n) is 3.81. The van der Waals surface area contributed by atoms with Crippen LogP contribution in [0.3, 0.4) is 0 Å². The van der Waals surface area contributed by atoms with Crippen LogP contribution in [-0.4, -0.2) is 54.3 Å². The lowest BCUT2D eigenvalue weighted by molar-refractivity contribution is 0.0102. The number of aromatic nitrogens is 2. The number of aryl methyl sites for hydroxylation is 2. The minimum absolute atomic E-state index is 0.359. The van der Waals surface area contributed by atoms with Gasteiger partial charge in [0.25, 0.3) is 0 Å². The van der Waals surface area contributed by atoms with Crippen molar-refractivity contribution in [3.63, 3.8) is 0 Å². The van der Waals surface area contributed by atoms with Crippen molar-refractivity contribution in [3.8, 4) is 0 Å². The Hall–Kier alpha value is -1.20. The lowest BCUT2D eigenvalue weighted by Gasteiger charge is -2.42. The molecule has 0 unspecified atom stereocenters. The van der Waals surface area contributed by atoms with Gasteiger partial charge in [0.05, 0.1) is 13.2 Å². The van der Waals surface area contributed by atoms with E-state index in [4.69, 9.17) is 4.74 Å². The summed E-state index contributed by atoms with van der Waals surface area (Å²) in [6, 6.07) is 0. The molecule has 1 N–H and O–H groups in total. The van der Waals surface area contributed by atoms with Gasteiger partial charge in [-0.2, -0.15) is 0 Å². The van der Waals surface area contributed by atoms with Crippen LogP contribution in [0, 0.1) is 19.3 Å². The van der Waals surface area contributed by atoms with E-state index in [0.717, 1.165) is 50.1 Å². The molecule has 2 heterocycles. The lowest BCUT2D eigenvalue weighted by Crippen LogP contribution is -2.47. The van der Waals surface area contributed by atoms with Crippen LogP contribution in [0.15, 0.2) is 6.20 Å². The summed E-state index contributed by atoms with van der Waals surface area (Å²) in [6.07, 6.45) is 8.61. The molecule has 1 aliphatic carbocycles. The van der Waals surface area contributed by atoms with E-state index < -0.39 is 0 Å². The highest BCUT2D eigenvalue weighted by Gasteiger charge is 2.34. The SMILES string of the molecule is Cc1cnc(NCC2(CN3CCOCC3)CCCCC2)nc1C. The number of hydrogen-bond acceptors (Lipinski definition) is 5. The summed E-state index contributed by atoms with van der Waals surface area (Å²) in [6.45, 7) is 10.2. The Balaban J connectivity index is 1.64. The Morgan fingerprint density at radius 2 is 1.91 bits per heavy atom. The van der Waals surface area contributed by atoms with E-state index in [0.29, 0.717) is 5.41 Å². The van der Waals surface area contributed by atoms with E-state index in [2.05, 4.69) is 27.1 Å². The normalized spacial score (nSPS) is 22.0. The molecule has 5 heteroatoms. The molecule has 128 valence electrons. The van der Waals surface area contributed by atoms with Crippen molar-refractivity contribution in [1.82, 2.24) is 14.9 Å². The van der Waals surface area contributed by atoms with E-state index >= 15 is 0 Å².